The first-order chi connectivity index (χ1) is 11.3. The number of benzene rings is 1. The second-order valence-electron chi connectivity index (χ2n) is 6.27. The number of carbonyl (C=O) groups excluding carboxylic acids is 1. The Hall–Kier alpha value is -1.47. The van der Waals surface area contributed by atoms with Gasteiger partial charge in [-0.2, -0.15) is 0 Å². The predicted octanol–water partition coefficient (Wildman–Crippen LogP) is 2.04. The number of sulfonamides is 1. The van der Waals surface area contributed by atoms with Crippen LogP contribution < -0.4 is 5.32 Å². The van der Waals surface area contributed by atoms with Gasteiger partial charge in [-0.05, 0) is 43.9 Å². The SMILES string of the molecule is CCS(=O)(=O)N(C)CCCNC(=O)C1(c2ccc(F)cc2)CCC1. The van der Waals surface area contributed by atoms with Crippen LogP contribution in [0.3, 0.4) is 0 Å². The fraction of sp³-hybridized carbons (Fsp3) is 0.588. The third-order valence-corrected chi connectivity index (χ3v) is 6.68. The standard InChI is InChI=1S/C17H25FN2O3S/c1-3-24(22,23)20(2)13-5-12-19-16(21)17(10-4-11-17)14-6-8-15(18)9-7-14/h6-9H,3-5,10-13H2,1-2H3,(H,19,21). The molecule has 7 heteroatoms. The van der Waals surface area contributed by atoms with Gasteiger partial charge in [0.2, 0.25) is 15.9 Å². The van der Waals surface area contributed by atoms with Crippen molar-refractivity contribution in [3.63, 3.8) is 0 Å². The molecule has 0 spiro atoms. The molecular weight excluding hydrogens is 331 g/mol. The smallest absolute Gasteiger partial charge is 0.230 e. The lowest BCUT2D eigenvalue weighted by atomic mass is 9.64. The van der Waals surface area contributed by atoms with Crippen molar-refractivity contribution in [2.45, 2.75) is 38.0 Å². The second kappa shape index (κ2) is 7.61. The number of hydrogen-bond donors (Lipinski definition) is 1. The number of halogens is 1. The van der Waals surface area contributed by atoms with Crippen molar-refractivity contribution in [1.82, 2.24) is 9.62 Å². The van der Waals surface area contributed by atoms with Crippen LogP contribution in [0.15, 0.2) is 24.3 Å². The normalized spacial score (nSPS) is 16.7. The molecule has 1 aromatic carbocycles. The molecule has 0 aliphatic heterocycles. The minimum Gasteiger partial charge on any atom is -0.355 e. The van der Waals surface area contributed by atoms with E-state index >= 15 is 0 Å². The Bertz CT molecular complexity index is 670. The van der Waals surface area contributed by atoms with Gasteiger partial charge in [0.1, 0.15) is 5.82 Å². The number of nitrogens with zero attached hydrogens (tertiary/aromatic N) is 1. The second-order valence-corrected chi connectivity index (χ2v) is 8.64. The van der Waals surface area contributed by atoms with E-state index in [1.54, 1.807) is 26.1 Å². The van der Waals surface area contributed by atoms with Crippen LogP contribution in [0.1, 0.15) is 38.2 Å². The van der Waals surface area contributed by atoms with Crippen molar-refractivity contribution < 1.29 is 17.6 Å². The molecule has 1 amide bonds. The summed E-state index contributed by atoms with van der Waals surface area (Å²) < 4.78 is 37.7. The van der Waals surface area contributed by atoms with Gasteiger partial charge in [-0.3, -0.25) is 4.79 Å². The average molecular weight is 356 g/mol. The van der Waals surface area contributed by atoms with Crippen molar-refractivity contribution in [3.8, 4) is 0 Å². The molecule has 1 N–H and O–H groups in total. The van der Waals surface area contributed by atoms with Crippen molar-refractivity contribution in [2.75, 3.05) is 25.9 Å². The third kappa shape index (κ3) is 3.95. The van der Waals surface area contributed by atoms with E-state index in [0.29, 0.717) is 19.5 Å². The van der Waals surface area contributed by atoms with Crippen LogP contribution in [0.4, 0.5) is 4.39 Å². The topological polar surface area (TPSA) is 66.5 Å². The van der Waals surface area contributed by atoms with E-state index in [9.17, 15) is 17.6 Å². The Labute approximate surface area is 143 Å². The maximum Gasteiger partial charge on any atom is 0.230 e. The van der Waals surface area contributed by atoms with Crippen LogP contribution in [0, 0.1) is 5.82 Å². The van der Waals surface area contributed by atoms with E-state index in [2.05, 4.69) is 5.32 Å². The van der Waals surface area contributed by atoms with Crippen molar-refractivity contribution in [1.29, 1.82) is 0 Å². The summed E-state index contributed by atoms with van der Waals surface area (Å²) in [5.74, 6) is -0.293. The van der Waals surface area contributed by atoms with Gasteiger partial charge in [0.05, 0.1) is 11.2 Å². The lowest BCUT2D eigenvalue weighted by Gasteiger charge is -2.40. The molecule has 0 radical (unpaired) electrons. The van der Waals surface area contributed by atoms with E-state index in [1.165, 1.54) is 16.4 Å². The molecule has 0 bridgehead atoms. The summed E-state index contributed by atoms with van der Waals surface area (Å²) in [6, 6.07) is 6.12. The fourth-order valence-electron chi connectivity index (χ4n) is 2.98. The first kappa shape index (κ1) is 18.9. The largest absolute Gasteiger partial charge is 0.355 e. The number of rotatable bonds is 8. The summed E-state index contributed by atoms with van der Waals surface area (Å²) in [7, 11) is -1.63. The Morgan fingerprint density at radius 3 is 2.42 bits per heavy atom. The highest BCUT2D eigenvalue weighted by Crippen LogP contribution is 2.43. The van der Waals surface area contributed by atoms with Crippen LogP contribution >= 0.6 is 0 Å². The molecule has 134 valence electrons. The lowest BCUT2D eigenvalue weighted by molar-refractivity contribution is -0.129. The van der Waals surface area contributed by atoms with Crippen molar-refractivity contribution in [3.05, 3.63) is 35.6 Å². The van der Waals surface area contributed by atoms with Gasteiger partial charge in [0.15, 0.2) is 0 Å². The first-order valence-corrected chi connectivity index (χ1v) is 9.91. The Morgan fingerprint density at radius 2 is 1.92 bits per heavy atom. The van der Waals surface area contributed by atoms with Gasteiger partial charge in [-0.15, -0.1) is 0 Å². The van der Waals surface area contributed by atoms with Crippen LogP contribution in [0.2, 0.25) is 0 Å². The summed E-state index contributed by atoms with van der Waals surface area (Å²) in [6.45, 7) is 2.40. The number of amides is 1. The highest BCUT2D eigenvalue weighted by atomic mass is 32.2. The van der Waals surface area contributed by atoms with Crippen LogP contribution in [-0.4, -0.2) is 44.5 Å². The van der Waals surface area contributed by atoms with Crippen LogP contribution in [0.5, 0.6) is 0 Å². The number of hydrogen-bond acceptors (Lipinski definition) is 3. The maximum absolute atomic E-state index is 13.1. The zero-order valence-corrected chi connectivity index (χ0v) is 15.0. The molecule has 0 aromatic heterocycles. The zero-order chi connectivity index (χ0) is 17.8. The van der Waals surface area contributed by atoms with Gasteiger partial charge in [0.25, 0.3) is 0 Å². The third-order valence-electron chi connectivity index (χ3n) is 4.81. The summed E-state index contributed by atoms with van der Waals surface area (Å²) in [6.07, 6.45) is 3.05. The van der Waals surface area contributed by atoms with Gasteiger partial charge >= 0.3 is 0 Å². The van der Waals surface area contributed by atoms with E-state index in [-0.39, 0.29) is 17.5 Å². The molecule has 24 heavy (non-hydrogen) atoms. The molecule has 1 aliphatic carbocycles. The minimum absolute atomic E-state index is 0.0543. The molecule has 0 unspecified atom stereocenters. The number of carbonyl (C=O) groups is 1. The van der Waals surface area contributed by atoms with E-state index in [4.69, 9.17) is 0 Å². The fourth-order valence-corrected chi connectivity index (χ4v) is 3.83. The molecule has 1 aliphatic rings. The lowest BCUT2D eigenvalue weighted by Crippen LogP contribution is -2.49. The molecular formula is C17H25FN2O3S. The Morgan fingerprint density at radius 1 is 1.29 bits per heavy atom. The molecule has 0 atom stereocenters. The summed E-state index contributed by atoms with van der Waals surface area (Å²) in [4.78, 5) is 12.6. The highest BCUT2D eigenvalue weighted by molar-refractivity contribution is 7.89. The monoisotopic (exact) mass is 356 g/mol. The van der Waals surface area contributed by atoms with Crippen LogP contribution in [-0.2, 0) is 20.2 Å². The van der Waals surface area contributed by atoms with E-state index < -0.39 is 15.4 Å². The van der Waals surface area contributed by atoms with Gasteiger partial charge in [0, 0.05) is 20.1 Å². The van der Waals surface area contributed by atoms with Crippen molar-refractivity contribution in [2.24, 2.45) is 0 Å². The summed E-state index contributed by atoms with van der Waals surface area (Å²) >= 11 is 0. The molecule has 5 nitrogen and oxygen atoms in total. The summed E-state index contributed by atoms with van der Waals surface area (Å²) in [5, 5.41) is 2.91. The average Bonchev–Trinajstić information content (AvgIpc) is 2.52. The number of nitrogens with one attached hydrogen (secondary N) is 1. The molecule has 0 heterocycles. The molecule has 2 rings (SSSR count). The molecule has 1 fully saturated rings. The first-order valence-electron chi connectivity index (χ1n) is 8.30. The highest BCUT2D eigenvalue weighted by Gasteiger charge is 2.45. The van der Waals surface area contributed by atoms with Crippen molar-refractivity contribution >= 4 is 15.9 Å². The van der Waals surface area contributed by atoms with Crippen LogP contribution in [0.25, 0.3) is 0 Å². The van der Waals surface area contributed by atoms with E-state index in [1.807, 2.05) is 0 Å². The zero-order valence-electron chi connectivity index (χ0n) is 14.2. The maximum atomic E-state index is 13.1. The molecule has 0 saturated heterocycles. The minimum atomic E-state index is -3.18. The van der Waals surface area contributed by atoms with Gasteiger partial charge < -0.3 is 5.32 Å². The quantitative estimate of drug-likeness (QED) is 0.725. The molecule has 1 saturated carbocycles. The predicted molar refractivity (Wildman–Crippen MR) is 91.6 cm³/mol. The van der Waals surface area contributed by atoms with Gasteiger partial charge in [-0.25, -0.2) is 17.1 Å². The van der Waals surface area contributed by atoms with E-state index in [0.717, 1.165) is 24.8 Å². The Kier molecular flexibility index (Phi) is 5.98. The summed E-state index contributed by atoms with van der Waals surface area (Å²) in [5.41, 5.74) is 0.285. The Balaban J connectivity index is 1.88. The molecule has 1 aromatic rings. The van der Waals surface area contributed by atoms with Gasteiger partial charge in [-0.1, -0.05) is 18.6 Å².